The number of hydrogen-bond acceptors (Lipinski definition) is 3. The first-order valence-electron chi connectivity index (χ1n) is 4.44. The zero-order chi connectivity index (χ0) is 10.8. The second-order valence-corrected chi connectivity index (χ2v) is 2.67. The van der Waals surface area contributed by atoms with Gasteiger partial charge in [0, 0.05) is 19.5 Å². The molecule has 6 heteroatoms. The molecule has 0 radical (unpaired) electrons. The molecular formula is C8H16F2N2O2. The highest BCUT2D eigenvalue weighted by molar-refractivity contribution is 5.75. The van der Waals surface area contributed by atoms with E-state index in [1.807, 2.05) is 0 Å². The van der Waals surface area contributed by atoms with Gasteiger partial charge in [-0.1, -0.05) is 0 Å². The summed E-state index contributed by atoms with van der Waals surface area (Å²) in [5.41, 5.74) is 0. The summed E-state index contributed by atoms with van der Waals surface area (Å²) in [6, 6.07) is 0. The van der Waals surface area contributed by atoms with Crippen molar-refractivity contribution >= 4 is 5.91 Å². The Labute approximate surface area is 82.0 Å². The highest BCUT2D eigenvalue weighted by Crippen LogP contribution is 1.93. The first kappa shape index (κ1) is 13.2. The standard InChI is InChI=1S/C8H16F2N2O2/c1-11-3-4-12-8(13)2-5-14-6-7(9)10/h7,11H,2-6H2,1H3,(H,12,13). The number of nitrogens with one attached hydrogen (secondary N) is 2. The average molecular weight is 210 g/mol. The lowest BCUT2D eigenvalue weighted by molar-refractivity contribution is -0.122. The van der Waals surface area contributed by atoms with E-state index in [9.17, 15) is 13.6 Å². The highest BCUT2D eigenvalue weighted by Gasteiger charge is 2.03. The average Bonchev–Trinajstić information content (AvgIpc) is 2.13. The van der Waals surface area contributed by atoms with Crippen molar-refractivity contribution in [2.24, 2.45) is 0 Å². The minimum Gasteiger partial charge on any atom is -0.375 e. The fourth-order valence-electron chi connectivity index (χ4n) is 0.753. The summed E-state index contributed by atoms with van der Waals surface area (Å²) in [5.74, 6) is -0.186. The van der Waals surface area contributed by atoms with Gasteiger partial charge in [0.2, 0.25) is 5.91 Å². The Bertz CT molecular complexity index is 156. The fraction of sp³-hybridized carbons (Fsp3) is 0.875. The van der Waals surface area contributed by atoms with Crippen LogP contribution in [0.3, 0.4) is 0 Å². The van der Waals surface area contributed by atoms with Gasteiger partial charge in [-0.25, -0.2) is 8.78 Å². The summed E-state index contributed by atoms with van der Waals surface area (Å²) < 4.78 is 27.7. The van der Waals surface area contributed by atoms with Crippen molar-refractivity contribution in [2.45, 2.75) is 12.8 Å². The first-order chi connectivity index (χ1) is 6.66. The Balaban J connectivity index is 3.18. The van der Waals surface area contributed by atoms with Gasteiger partial charge in [-0.2, -0.15) is 0 Å². The molecule has 0 aromatic heterocycles. The van der Waals surface area contributed by atoms with Crippen LogP contribution in [0.25, 0.3) is 0 Å². The molecule has 2 N–H and O–H groups in total. The Hall–Kier alpha value is -0.750. The largest absolute Gasteiger partial charge is 0.375 e. The molecule has 0 bridgehead atoms. The van der Waals surface area contributed by atoms with Crippen LogP contribution in [0.4, 0.5) is 8.78 Å². The van der Waals surface area contributed by atoms with Crippen LogP contribution in [0.15, 0.2) is 0 Å². The molecule has 0 aromatic rings. The van der Waals surface area contributed by atoms with Gasteiger partial charge in [-0.15, -0.1) is 0 Å². The third-order valence-electron chi connectivity index (χ3n) is 1.41. The molecule has 0 saturated carbocycles. The van der Waals surface area contributed by atoms with Crippen LogP contribution in [0.2, 0.25) is 0 Å². The van der Waals surface area contributed by atoms with E-state index in [4.69, 9.17) is 0 Å². The molecule has 0 atom stereocenters. The lowest BCUT2D eigenvalue weighted by Crippen LogP contribution is -2.31. The van der Waals surface area contributed by atoms with E-state index in [1.165, 1.54) is 0 Å². The summed E-state index contributed by atoms with van der Waals surface area (Å²) in [5, 5.41) is 5.46. The van der Waals surface area contributed by atoms with Crippen LogP contribution in [0.5, 0.6) is 0 Å². The molecule has 0 aliphatic heterocycles. The van der Waals surface area contributed by atoms with Gasteiger partial charge in [0.15, 0.2) is 0 Å². The number of ether oxygens (including phenoxy) is 1. The zero-order valence-corrected chi connectivity index (χ0v) is 8.19. The summed E-state index contributed by atoms with van der Waals surface area (Å²) >= 11 is 0. The molecule has 0 aromatic carbocycles. The number of alkyl halides is 2. The molecule has 4 nitrogen and oxygen atoms in total. The SMILES string of the molecule is CNCCNC(=O)CCOCC(F)F. The van der Waals surface area contributed by atoms with Gasteiger partial charge in [0.05, 0.1) is 6.61 Å². The lowest BCUT2D eigenvalue weighted by atomic mass is 10.4. The summed E-state index contributed by atoms with van der Waals surface area (Å²) in [6.07, 6.45) is -2.35. The minimum absolute atomic E-state index is 0.0374. The van der Waals surface area contributed by atoms with Crippen LogP contribution in [-0.4, -0.2) is 45.7 Å². The van der Waals surface area contributed by atoms with Crippen LogP contribution in [0.1, 0.15) is 6.42 Å². The topological polar surface area (TPSA) is 50.4 Å². The van der Waals surface area contributed by atoms with Crippen molar-refractivity contribution in [2.75, 3.05) is 33.4 Å². The predicted octanol–water partition coefficient (Wildman–Crippen LogP) is -0.00620. The number of likely N-dealkylation sites (N-methyl/N-ethyl adjacent to an activating group) is 1. The number of rotatable bonds is 8. The Morgan fingerprint density at radius 2 is 2.14 bits per heavy atom. The van der Waals surface area contributed by atoms with Crippen molar-refractivity contribution in [3.63, 3.8) is 0 Å². The maximum atomic E-state index is 11.6. The maximum absolute atomic E-state index is 11.6. The van der Waals surface area contributed by atoms with Gasteiger partial charge in [0.25, 0.3) is 6.43 Å². The van der Waals surface area contributed by atoms with Gasteiger partial charge < -0.3 is 15.4 Å². The Morgan fingerprint density at radius 1 is 1.43 bits per heavy atom. The lowest BCUT2D eigenvalue weighted by Gasteiger charge is -2.05. The van der Waals surface area contributed by atoms with E-state index >= 15 is 0 Å². The molecule has 0 unspecified atom stereocenters. The minimum atomic E-state index is -2.47. The molecule has 0 saturated heterocycles. The molecular weight excluding hydrogens is 194 g/mol. The molecule has 0 rings (SSSR count). The van der Waals surface area contributed by atoms with Gasteiger partial charge in [-0.3, -0.25) is 4.79 Å². The summed E-state index contributed by atoms with van der Waals surface area (Å²) in [4.78, 5) is 11.0. The molecule has 1 amide bonds. The molecule has 84 valence electrons. The number of carbonyl (C=O) groups is 1. The highest BCUT2D eigenvalue weighted by atomic mass is 19.3. The molecule has 0 spiro atoms. The normalized spacial score (nSPS) is 10.6. The van der Waals surface area contributed by atoms with Crippen LogP contribution < -0.4 is 10.6 Å². The van der Waals surface area contributed by atoms with Crippen LogP contribution >= 0.6 is 0 Å². The van der Waals surface area contributed by atoms with E-state index in [0.717, 1.165) is 0 Å². The van der Waals surface area contributed by atoms with Crippen molar-refractivity contribution in [1.29, 1.82) is 0 Å². The Morgan fingerprint density at radius 3 is 2.71 bits per heavy atom. The molecule has 0 heterocycles. The van der Waals surface area contributed by atoms with Crippen molar-refractivity contribution < 1.29 is 18.3 Å². The first-order valence-corrected chi connectivity index (χ1v) is 4.44. The van der Waals surface area contributed by atoms with Crippen molar-refractivity contribution in [1.82, 2.24) is 10.6 Å². The van der Waals surface area contributed by atoms with Gasteiger partial charge in [-0.05, 0) is 7.05 Å². The third-order valence-corrected chi connectivity index (χ3v) is 1.41. The fourth-order valence-corrected chi connectivity index (χ4v) is 0.753. The number of carbonyl (C=O) groups excluding carboxylic acids is 1. The number of amides is 1. The van der Waals surface area contributed by atoms with Gasteiger partial charge >= 0.3 is 0 Å². The molecule has 0 fully saturated rings. The zero-order valence-electron chi connectivity index (χ0n) is 8.19. The molecule has 0 aliphatic rings. The number of halogens is 2. The van der Waals surface area contributed by atoms with Crippen molar-refractivity contribution in [3.05, 3.63) is 0 Å². The quantitative estimate of drug-likeness (QED) is 0.554. The molecule has 0 aliphatic carbocycles. The van der Waals surface area contributed by atoms with Crippen molar-refractivity contribution in [3.8, 4) is 0 Å². The van der Waals surface area contributed by atoms with E-state index in [2.05, 4.69) is 15.4 Å². The summed E-state index contributed by atoms with van der Waals surface area (Å²) in [6.45, 7) is 0.646. The Kier molecular flexibility index (Phi) is 8.36. The molecule has 14 heavy (non-hydrogen) atoms. The third kappa shape index (κ3) is 9.34. The van der Waals surface area contributed by atoms with E-state index in [0.29, 0.717) is 13.1 Å². The number of hydrogen-bond donors (Lipinski definition) is 2. The van der Waals surface area contributed by atoms with E-state index < -0.39 is 13.0 Å². The van der Waals surface area contributed by atoms with E-state index in [1.54, 1.807) is 7.05 Å². The second-order valence-electron chi connectivity index (χ2n) is 2.67. The van der Waals surface area contributed by atoms with Crippen LogP contribution in [0, 0.1) is 0 Å². The predicted molar refractivity (Wildman–Crippen MR) is 48.4 cm³/mol. The van der Waals surface area contributed by atoms with Crippen LogP contribution in [-0.2, 0) is 9.53 Å². The monoisotopic (exact) mass is 210 g/mol. The summed E-state index contributed by atoms with van der Waals surface area (Å²) in [7, 11) is 1.78. The smallest absolute Gasteiger partial charge is 0.261 e. The van der Waals surface area contributed by atoms with Gasteiger partial charge in [0.1, 0.15) is 6.61 Å². The van der Waals surface area contributed by atoms with E-state index in [-0.39, 0.29) is 18.9 Å². The second kappa shape index (κ2) is 8.83. The maximum Gasteiger partial charge on any atom is 0.261 e.